The lowest BCUT2D eigenvalue weighted by atomic mass is 10.0. The second-order valence-corrected chi connectivity index (χ2v) is 5.48. The standard InChI is InChI=1S/C14H15IN2/c1-10-6-12(9-17-8-10)14(16)7-11-2-4-13(15)5-3-11/h2-6,8-9,14H,7,16H2,1H3. The van der Waals surface area contributed by atoms with Crippen molar-refractivity contribution in [2.75, 3.05) is 0 Å². The number of rotatable bonds is 3. The molecule has 1 unspecified atom stereocenters. The van der Waals surface area contributed by atoms with Gasteiger partial charge in [-0.05, 0) is 64.8 Å². The number of nitrogens with zero attached hydrogens (tertiary/aromatic N) is 1. The van der Waals surface area contributed by atoms with Gasteiger partial charge in [-0.25, -0.2) is 0 Å². The van der Waals surface area contributed by atoms with E-state index in [0.29, 0.717) is 0 Å². The third-order valence-electron chi connectivity index (χ3n) is 2.69. The molecular formula is C14H15IN2. The summed E-state index contributed by atoms with van der Waals surface area (Å²) in [5.41, 5.74) is 9.71. The number of pyridine rings is 1. The highest BCUT2D eigenvalue weighted by molar-refractivity contribution is 14.1. The number of benzene rings is 1. The van der Waals surface area contributed by atoms with Gasteiger partial charge in [0.15, 0.2) is 0 Å². The van der Waals surface area contributed by atoms with E-state index >= 15 is 0 Å². The fourth-order valence-corrected chi connectivity index (χ4v) is 2.13. The maximum Gasteiger partial charge on any atom is 0.0351 e. The molecule has 0 amide bonds. The van der Waals surface area contributed by atoms with Crippen molar-refractivity contribution in [3.63, 3.8) is 0 Å². The third-order valence-corrected chi connectivity index (χ3v) is 3.41. The number of nitrogens with two attached hydrogens (primary N) is 1. The number of hydrogen-bond acceptors (Lipinski definition) is 2. The molecule has 2 N–H and O–H groups in total. The molecule has 88 valence electrons. The van der Waals surface area contributed by atoms with E-state index in [1.807, 2.05) is 19.3 Å². The van der Waals surface area contributed by atoms with Crippen LogP contribution in [0.25, 0.3) is 0 Å². The Balaban J connectivity index is 2.11. The average molecular weight is 338 g/mol. The van der Waals surface area contributed by atoms with Crippen LogP contribution in [-0.2, 0) is 6.42 Å². The topological polar surface area (TPSA) is 38.9 Å². The largest absolute Gasteiger partial charge is 0.324 e. The van der Waals surface area contributed by atoms with Crippen molar-refractivity contribution in [3.05, 3.63) is 63.0 Å². The highest BCUT2D eigenvalue weighted by Crippen LogP contribution is 2.17. The summed E-state index contributed by atoms with van der Waals surface area (Å²) in [5, 5.41) is 0. The molecule has 0 aliphatic carbocycles. The van der Waals surface area contributed by atoms with Gasteiger partial charge in [0.1, 0.15) is 0 Å². The van der Waals surface area contributed by atoms with E-state index in [9.17, 15) is 0 Å². The minimum atomic E-state index is 0.0162. The normalized spacial score (nSPS) is 12.4. The molecule has 0 bridgehead atoms. The van der Waals surface area contributed by atoms with Crippen LogP contribution in [0.2, 0.25) is 0 Å². The van der Waals surface area contributed by atoms with E-state index in [0.717, 1.165) is 17.5 Å². The van der Waals surface area contributed by atoms with Crippen molar-refractivity contribution in [2.24, 2.45) is 5.73 Å². The van der Waals surface area contributed by atoms with Crippen LogP contribution in [-0.4, -0.2) is 4.98 Å². The van der Waals surface area contributed by atoms with Crippen LogP contribution in [0.1, 0.15) is 22.7 Å². The first-order valence-corrected chi connectivity index (χ1v) is 6.64. The molecule has 0 saturated heterocycles. The highest BCUT2D eigenvalue weighted by atomic mass is 127. The Kier molecular flexibility index (Phi) is 4.12. The lowest BCUT2D eigenvalue weighted by Gasteiger charge is -2.12. The predicted octanol–water partition coefficient (Wildman–Crippen LogP) is 3.24. The fourth-order valence-electron chi connectivity index (χ4n) is 1.77. The number of hydrogen-bond donors (Lipinski definition) is 1. The first-order valence-electron chi connectivity index (χ1n) is 5.57. The van der Waals surface area contributed by atoms with Gasteiger partial charge in [0.2, 0.25) is 0 Å². The van der Waals surface area contributed by atoms with Crippen LogP contribution in [0.5, 0.6) is 0 Å². The number of aromatic nitrogens is 1. The smallest absolute Gasteiger partial charge is 0.0351 e. The zero-order valence-electron chi connectivity index (χ0n) is 9.73. The van der Waals surface area contributed by atoms with Crippen molar-refractivity contribution < 1.29 is 0 Å². The molecule has 2 aromatic rings. The molecule has 1 aromatic carbocycles. The molecule has 0 fully saturated rings. The van der Waals surface area contributed by atoms with Crippen LogP contribution in [0.3, 0.4) is 0 Å². The first-order chi connectivity index (χ1) is 8.15. The summed E-state index contributed by atoms with van der Waals surface area (Å²) in [6.07, 6.45) is 4.55. The lowest BCUT2D eigenvalue weighted by Crippen LogP contribution is -2.13. The Morgan fingerprint density at radius 3 is 2.59 bits per heavy atom. The Hall–Kier alpha value is -0.940. The third kappa shape index (κ3) is 3.51. The Labute approximate surface area is 115 Å². The summed E-state index contributed by atoms with van der Waals surface area (Å²) in [4.78, 5) is 4.18. The van der Waals surface area contributed by atoms with E-state index in [2.05, 4.69) is 57.9 Å². The molecule has 3 heteroatoms. The minimum absolute atomic E-state index is 0.0162. The summed E-state index contributed by atoms with van der Waals surface area (Å²) in [6, 6.07) is 10.6. The summed E-state index contributed by atoms with van der Waals surface area (Å²) >= 11 is 2.30. The van der Waals surface area contributed by atoms with Crippen molar-refractivity contribution in [1.82, 2.24) is 4.98 Å². The van der Waals surface area contributed by atoms with Crippen molar-refractivity contribution in [3.8, 4) is 0 Å². The molecule has 0 aliphatic rings. The zero-order valence-corrected chi connectivity index (χ0v) is 11.9. The van der Waals surface area contributed by atoms with Crippen molar-refractivity contribution in [1.29, 1.82) is 0 Å². The van der Waals surface area contributed by atoms with Crippen LogP contribution < -0.4 is 5.73 Å². The Morgan fingerprint density at radius 2 is 1.94 bits per heavy atom. The van der Waals surface area contributed by atoms with Gasteiger partial charge < -0.3 is 5.73 Å². The SMILES string of the molecule is Cc1cncc(C(N)Cc2ccc(I)cc2)c1. The van der Waals surface area contributed by atoms with Gasteiger partial charge in [-0.3, -0.25) is 4.98 Å². The van der Waals surface area contributed by atoms with Gasteiger partial charge in [-0.1, -0.05) is 18.2 Å². The van der Waals surface area contributed by atoms with E-state index < -0.39 is 0 Å². The maximum atomic E-state index is 6.19. The Morgan fingerprint density at radius 1 is 1.24 bits per heavy atom. The summed E-state index contributed by atoms with van der Waals surface area (Å²) in [5.74, 6) is 0. The number of halogens is 1. The molecule has 0 aliphatic heterocycles. The van der Waals surface area contributed by atoms with Gasteiger partial charge in [0, 0.05) is 22.0 Å². The van der Waals surface area contributed by atoms with Crippen LogP contribution >= 0.6 is 22.6 Å². The molecule has 0 spiro atoms. The highest BCUT2D eigenvalue weighted by Gasteiger charge is 2.07. The maximum absolute atomic E-state index is 6.19. The lowest BCUT2D eigenvalue weighted by molar-refractivity contribution is 0.717. The fraction of sp³-hybridized carbons (Fsp3) is 0.214. The average Bonchev–Trinajstić information content (AvgIpc) is 2.32. The van der Waals surface area contributed by atoms with Crippen molar-refractivity contribution >= 4 is 22.6 Å². The molecule has 1 atom stereocenters. The Bertz CT molecular complexity index is 494. The summed E-state index contributed by atoms with van der Waals surface area (Å²) in [6.45, 7) is 2.04. The molecule has 0 saturated carbocycles. The molecule has 1 aromatic heterocycles. The van der Waals surface area contributed by atoms with Crippen LogP contribution in [0.15, 0.2) is 42.7 Å². The van der Waals surface area contributed by atoms with Gasteiger partial charge in [0.25, 0.3) is 0 Å². The zero-order chi connectivity index (χ0) is 12.3. The van der Waals surface area contributed by atoms with Crippen LogP contribution in [0, 0.1) is 10.5 Å². The van der Waals surface area contributed by atoms with Gasteiger partial charge >= 0.3 is 0 Å². The quantitative estimate of drug-likeness (QED) is 0.873. The van der Waals surface area contributed by atoms with E-state index in [1.54, 1.807) is 0 Å². The molecule has 2 rings (SSSR count). The molecular weight excluding hydrogens is 323 g/mol. The van der Waals surface area contributed by atoms with E-state index in [4.69, 9.17) is 5.73 Å². The van der Waals surface area contributed by atoms with Gasteiger partial charge in [-0.15, -0.1) is 0 Å². The second-order valence-electron chi connectivity index (χ2n) is 4.23. The van der Waals surface area contributed by atoms with Crippen LogP contribution in [0.4, 0.5) is 0 Å². The first kappa shape index (κ1) is 12.5. The molecule has 17 heavy (non-hydrogen) atoms. The van der Waals surface area contributed by atoms with Gasteiger partial charge in [0.05, 0.1) is 0 Å². The predicted molar refractivity (Wildman–Crippen MR) is 78.8 cm³/mol. The summed E-state index contributed by atoms with van der Waals surface area (Å²) in [7, 11) is 0. The second kappa shape index (κ2) is 5.60. The van der Waals surface area contributed by atoms with E-state index in [1.165, 1.54) is 9.13 Å². The number of aryl methyl sites for hydroxylation is 1. The summed E-state index contributed by atoms with van der Waals surface area (Å²) < 4.78 is 1.25. The van der Waals surface area contributed by atoms with Crippen molar-refractivity contribution in [2.45, 2.75) is 19.4 Å². The minimum Gasteiger partial charge on any atom is -0.324 e. The molecule has 2 nitrogen and oxygen atoms in total. The van der Waals surface area contributed by atoms with E-state index in [-0.39, 0.29) is 6.04 Å². The molecule has 1 heterocycles. The monoisotopic (exact) mass is 338 g/mol. The molecule has 0 radical (unpaired) electrons. The van der Waals surface area contributed by atoms with Gasteiger partial charge in [-0.2, -0.15) is 0 Å².